The molecular weight excluding hydrogens is 222 g/mol. The molecule has 1 fully saturated rings. The second-order valence-corrected chi connectivity index (χ2v) is 5.34. The van der Waals surface area contributed by atoms with Crippen LogP contribution in [0.15, 0.2) is 18.2 Å². The standard InChI is InChI=1S/C16H25NO/c1-4-17-13(3)15-11-12(2)9-10-16(15)18-14-7-5-6-8-14/h9-11,13-14,17H,4-8H2,1-3H3. The number of benzene rings is 1. The fraction of sp³-hybridized carbons (Fsp3) is 0.625. The summed E-state index contributed by atoms with van der Waals surface area (Å²) in [5, 5.41) is 3.47. The minimum atomic E-state index is 0.353. The zero-order valence-corrected chi connectivity index (χ0v) is 11.8. The van der Waals surface area contributed by atoms with Crippen molar-refractivity contribution in [3.63, 3.8) is 0 Å². The lowest BCUT2D eigenvalue weighted by Crippen LogP contribution is -2.20. The molecule has 0 heterocycles. The van der Waals surface area contributed by atoms with Gasteiger partial charge in [-0.2, -0.15) is 0 Å². The average molecular weight is 247 g/mol. The smallest absolute Gasteiger partial charge is 0.124 e. The van der Waals surface area contributed by atoms with Crippen LogP contribution in [0.25, 0.3) is 0 Å². The van der Waals surface area contributed by atoms with Gasteiger partial charge in [-0.1, -0.05) is 24.6 Å². The number of rotatable bonds is 5. The van der Waals surface area contributed by atoms with Gasteiger partial charge in [0.15, 0.2) is 0 Å². The number of hydrogen-bond donors (Lipinski definition) is 1. The Labute approximate surface area is 111 Å². The van der Waals surface area contributed by atoms with E-state index < -0.39 is 0 Å². The summed E-state index contributed by atoms with van der Waals surface area (Å²) < 4.78 is 6.19. The molecule has 100 valence electrons. The highest BCUT2D eigenvalue weighted by Gasteiger charge is 2.19. The topological polar surface area (TPSA) is 21.3 Å². The molecule has 18 heavy (non-hydrogen) atoms. The van der Waals surface area contributed by atoms with Crippen molar-refractivity contribution in [3.05, 3.63) is 29.3 Å². The number of aryl methyl sites for hydroxylation is 1. The van der Waals surface area contributed by atoms with Gasteiger partial charge in [0.05, 0.1) is 6.10 Å². The van der Waals surface area contributed by atoms with Gasteiger partial charge >= 0.3 is 0 Å². The maximum atomic E-state index is 6.19. The molecule has 1 N–H and O–H groups in total. The summed E-state index contributed by atoms with van der Waals surface area (Å²) in [7, 11) is 0. The van der Waals surface area contributed by atoms with E-state index in [0.29, 0.717) is 12.1 Å². The van der Waals surface area contributed by atoms with E-state index in [1.54, 1.807) is 0 Å². The average Bonchev–Trinajstić information content (AvgIpc) is 2.84. The van der Waals surface area contributed by atoms with Crippen molar-refractivity contribution in [3.8, 4) is 5.75 Å². The van der Waals surface area contributed by atoms with Gasteiger partial charge in [0.2, 0.25) is 0 Å². The fourth-order valence-corrected chi connectivity index (χ4v) is 2.72. The Morgan fingerprint density at radius 2 is 2.06 bits per heavy atom. The van der Waals surface area contributed by atoms with Gasteiger partial charge in [-0.25, -0.2) is 0 Å². The molecule has 2 nitrogen and oxygen atoms in total. The second-order valence-electron chi connectivity index (χ2n) is 5.34. The first-order valence-corrected chi connectivity index (χ1v) is 7.21. The van der Waals surface area contributed by atoms with Crippen molar-refractivity contribution in [1.29, 1.82) is 0 Å². The Kier molecular flexibility index (Phi) is 4.65. The van der Waals surface area contributed by atoms with Crippen LogP contribution < -0.4 is 10.1 Å². The second kappa shape index (κ2) is 6.24. The van der Waals surface area contributed by atoms with Crippen LogP contribution >= 0.6 is 0 Å². The van der Waals surface area contributed by atoms with Gasteiger partial charge in [-0.15, -0.1) is 0 Å². The van der Waals surface area contributed by atoms with E-state index in [-0.39, 0.29) is 0 Å². The molecule has 0 aromatic heterocycles. The first kappa shape index (κ1) is 13.4. The van der Waals surface area contributed by atoms with Crippen molar-refractivity contribution in [1.82, 2.24) is 5.32 Å². The molecule has 1 aliphatic rings. The van der Waals surface area contributed by atoms with Crippen molar-refractivity contribution in [2.45, 2.75) is 58.6 Å². The predicted molar refractivity (Wildman–Crippen MR) is 76.2 cm³/mol. The molecule has 0 amide bonds. The summed E-state index contributed by atoms with van der Waals surface area (Å²) in [6.07, 6.45) is 5.48. The Morgan fingerprint density at radius 3 is 2.72 bits per heavy atom. The third kappa shape index (κ3) is 3.26. The van der Waals surface area contributed by atoms with Gasteiger partial charge in [0.25, 0.3) is 0 Å². The Bertz CT molecular complexity index is 383. The predicted octanol–water partition coefficient (Wildman–Crippen LogP) is 3.99. The highest BCUT2D eigenvalue weighted by atomic mass is 16.5. The maximum Gasteiger partial charge on any atom is 0.124 e. The van der Waals surface area contributed by atoms with E-state index >= 15 is 0 Å². The van der Waals surface area contributed by atoms with Gasteiger partial charge in [-0.3, -0.25) is 0 Å². The van der Waals surface area contributed by atoms with E-state index in [1.807, 2.05) is 0 Å². The first-order valence-electron chi connectivity index (χ1n) is 7.21. The fourth-order valence-electron chi connectivity index (χ4n) is 2.72. The van der Waals surface area contributed by atoms with Crippen LogP contribution in [-0.2, 0) is 0 Å². The van der Waals surface area contributed by atoms with Crippen LogP contribution in [0.5, 0.6) is 5.75 Å². The minimum Gasteiger partial charge on any atom is -0.490 e. The summed E-state index contributed by atoms with van der Waals surface area (Å²) in [4.78, 5) is 0. The van der Waals surface area contributed by atoms with Crippen molar-refractivity contribution < 1.29 is 4.74 Å². The van der Waals surface area contributed by atoms with Crippen LogP contribution in [0, 0.1) is 6.92 Å². The molecule has 0 radical (unpaired) electrons. The van der Waals surface area contributed by atoms with Gasteiger partial charge in [0.1, 0.15) is 5.75 Å². The molecule has 1 saturated carbocycles. The monoisotopic (exact) mass is 247 g/mol. The number of nitrogens with one attached hydrogen (secondary N) is 1. The number of hydrogen-bond acceptors (Lipinski definition) is 2. The van der Waals surface area contributed by atoms with Gasteiger partial charge in [-0.05, 0) is 52.1 Å². The largest absolute Gasteiger partial charge is 0.490 e. The third-order valence-corrected chi connectivity index (χ3v) is 3.74. The van der Waals surface area contributed by atoms with Crippen molar-refractivity contribution in [2.75, 3.05) is 6.54 Å². The Morgan fingerprint density at radius 1 is 1.33 bits per heavy atom. The molecule has 1 aromatic carbocycles. The molecule has 1 aromatic rings. The molecule has 0 spiro atoms. The van der Waals surface area contributed by atoms with Crippen molar-refractivity contribution in [2.24, 2.45) is 0 Å². The SMILES string of the molecule is CCNC(C)c1cc(C)ccc1OC1CCCC1. The molecule has 2 rings (SSSR count). The van der Waals surface area contributed by atoms with Crippen LogP contribution in [0.4, 0.5) is 0 Å². The van der Waals surface area contributed by atoms with Crippen molar-refractivity contribution >= 4 is 0 Å². The molecule has 0 bridgehead atoms. The Balaban J connectivity index is 2.16. The minimum absolute atomic E-state index is 0.353. The lowest BCUT2D eigenvalue weighted by atomic mass is 10.0. The molecule has 1 atom stereocenters. The molecular formula is C16H25NO. The van der Waals surface area contributed by atoms with Crippen LogP contribution in [0.3, 0.4) is 0 Å². The molecule has 0 saturated heterocycles. The number of ether oxygens (including phenoxy) is 1. The molecule has 1 unspecified atom stereocenters. The van der Waals surface area contributed by atoms with E-state index in [2.05, 4.69) is 44.3 Å². The normalized spacial score (nSPS) is 17.9. The van der Waals surface area contributed by atoms with E-state index in [9.17, 15) is 0 Å². The van der Waals surface area contributed by atoms with E-state index in [1.165, 1.54) is 36.8 Å². The van der Waals surface area contributed by atoms with Crippen LogP contribution in [0.1, 0.15) is 56.7 Å². The van der Waals surface area contributed by atoms with Gasteiger partial charge in [0, 0.05) is 11.6 Å². The maximum absolute atomic E-state index is 6.19. The molecule has 2 heteroatoms. The zero-order chi connectivity index (χ0) is 13.0. The van der Waals surface area contributed by atoms with Crippen LogP contribution in [0.2, 0.25) is 0 Å². The summed E-state index contributed by atoms with van der Waals surface area (Å²) in [5.74, 6) is 1.07. The summed E-state index contributed by atoms with van der Waals surface area (Å²) in [6.45, 7) is 7.48. The van der Waals surface area contributed by atoms with E-state index in [0.717, 1.165) is 12.3 Å². The van der Waals surface area contributed by atoms with E-state index in [4.69, 9.17) is 4.74 Å². The first-order chi connectivity index (χ1) is 8.70. The molecule has 1 aliphatic carbocycles. The lowest BCUT2D eigenvalue weighted by Gasteiger charge is -2.21. The third-order valence-electron chi connectivity index (χ3n) is 3.74. The molecule has 0 aliphatic heterocycles. The lowest BCUT2D eigenvalue weighted by molar-refractivity contribution is 0.206. The van der Waals surface area contributed by atoms with Gasteiger partial charge < -0.3 is 10.1 Å². The Hall–Kier alpha value is -1.02. The quantitative estimate of drug-likeness (QED) is 0.849. The summed E-state index contributed by atoms with van der Waals surface area (Å²) in [5.41, 5.74) is 2.59. The van der Waals surface area contributed by atoms with Crippen LogP contribution in [-0.4, -0.2) is 12.6 Å². The highest BCUT2D eigenvalue weighted by molar-refractivity contribution is 5.39. The summed E-state index contributed by atoms with van der Waals surface area (Å²) >= 11 is 0. The highest BCUT2D eigenvalue weighted by Crippen LogP contribution is 2.30. The zero-order valence-electron chi connectivity index (χ0n) is 11.8. The summed E-state index contributed by atoms with van der Waals surface area (Å²) in [6, 6.07) is 6.88.